The number of aryl methyl sites for hydroxylation is 1. The van der Waals surface area contributed by atoms with Crippen molar-refractivity contribution in [1.82, 2.24) is 0 Å². The van der Waals surface area contributed by atoms with Gasteiger partial charge in [0, 0.05) is 6.54 Å². The van der Waals surface area contributed by atoms with E-state index < -0.39 is 5.97 Å². The van der Waals surface area contributed by atoms with E-state index in [9.17, 15) is 9.90 Å². The first kappa shape index (κ1) is 22.8. The molecule has 0 atom stereocenters. The minimum atomic E-state index is -1.02. The van der Waals surface area contributed by atoms with E-state index in [0.717, 1.165) is 11.1 Å². The van der Waals surface area contributed by atoms with E-state index in [1.807, 2.05) is 44.2 Å². The highest BCUT2D eigenvalue weighted by Crippen LogP contribution is 2.37. The number of hydrogen-bond acceptors (Lipinski definition) is 4. The zero-order chi connectivity index (χ0) is 22.4. The molecule has 0 heterocycles. The Kier molecular flexibility index (Phi) is 7.66. The maximum absolute atomic E-state index is 11.2. The SMILES string of the molecule is CCOc1cc(CNc2cc(C(=O)O)ccc2Cl)cc(Cl)c1OCc1ccc(C)cc1. The van der Waals surface area contributed by atoms with E-state index in [1.54, 1.807) is 12.1 Å². The van der Waals surface area contributed by atoms with Gasteiger partial charge in [-0.2, -0.15) is 0 Å². The van der Waals surface area contributed by atoms with Crippen molar-refractivity contribution in [3.63, 3.8) is 0 Å². The Morgan fingerprint density at radius 3 is 2.39 bits per heavy atom. The van der Waals surface area contributed by atoms with Gasteiger partial charge >= 0.3 is 5.97 Å². The van der Waals surface area contributed by atoms with E-state index in [0.29, 0.717) is 47.0 Å². The van der Waals surface area contributed by atoms with E-state index in [1.165, 1.54) is 17.7 Å². The highest BCUT2D eigenvalue weighted by atomic mass is 35.5. The standard InChI is InChI=1S/C24H23Cl2NO4/c1-3-30-22-11-17(13-27-21-12-18(24(28)29)8-9-19(21)25)10-20(26)23(22)31-14-16-6-4-15(2)5-7-16/h4-12,27H,3,13-14H2,1-2H3,(H,28,29). The Hall–Kier alpha value is -2.89. The normalized spacial score (nSPS) is 10.6. The van der Waals surface area contributed by atoms with Crippen LogP contribution in [0.2, 0.25) is 10.0 Å². The zero-order valence-corrected chi connectivity index (χ0v) is 18.8. The highest BCUT2D eigenvalue weighted by molar-refractivity contribution is 6.33. The summed E-state index contributed by atoms with van der Waals surface area (Å²) in [6, 6.07) is 16.2. The van der Waals surface area contributed by atoms with Crippen LogP contribution in [0.4, 0.5) is 5.69 Å². The molecular weight excluding hydrogens is 437 g/mol. The molecule has 7 heteroatoms. The van der Waals surface area contributed by atoms with Gasteiger partial charge in [0.25, 0.3) is 0 Å². The third-order valence-corrected chi connectivity index (χ3v) is 5.18. The van der Waals surface area contributed by atoms with Crippen molar-refractivity contribution >= 4 is 34.9 Å². The summed E-state index contributed by atoms with van der Waals surface area (Å²) >= 11 is 12.7. The summed E-state index contributed by atoms with van der Waals surface area (Å²) in [7, 11) is 0. The number of carbonyl (C=O) groups is 1. The molecule has 0 aliphatic rings. The molecule has 0 saturated heterocycles. The van der Waals surface area contributed by atoms with Crippen molar-refractivity contribution < 1.29 is 19.4 Å². The van der Waals surface area contributed by atoms with Crippen LogP contribution in [0.25, 0.3) is 0 Å². The molecule has 162 valence electrons. The van der Waals surface area contributed by atoms with Crippen molar-refractivity contribution in [3.8, 4) is 11.5 Å². The van der Waals surface area contributed by atoms with Crippen LogP contribution >= 0.6 is 23.2 Å². The average molecular weight is 460 g/mol. The van der Waals surface area contributed by atoms with E-state index in [4.69, 9.17) is 32.7 Å². The number of anilines is 1. The Morgan fingerprint density at radius 1 is 0.968 bits per heavy atom. The van der Waals surface area contributed by atoms with Crippen LogP contribution < -0.4 is 14.8 Å². The highest BCUT2D eigenvalue weighted by Gasteiger charge is 2.14. The van der Waals surface area contributed by atoms with Gasteiger partial charge in [-0.15, -0.1) is 0 Å². The van der Waals surface area contributed by atoms with Gasteiger partial charge in [-0.05, 0) is 55.3 Å². The fourth-order valence-electron chi connectivity index (χ4n) is 2.96. The molecule has 0 saturated carbocycles. The smallest absolute Gasteiger partial charge is 0.335 e. The summed E-state index contributed by atoms with van der Waals surface area (Å²) in [6.07, 6.45) is 0. The molecule has 3 rings (SSSR count). The van der Waals surface area contributed by atoms with Gasteiger partial charge in [0.1, 0.15) is 6.61 Å². The second kappa shape index (κ2) is 10.4. The summed E-state index contributed by atoms with van der Waals surface area (Å²) in [5.41, 5.74) is 3.73. The number of aromatic carboxylic acids is 1. The molecule has 31 heavy (non-hydrogen) atoms. The van der Waals surface area contributed by atoms with Crippen LogP contribution in [0.1, 0.15) is 34.0 Å². The Balaban J connectivity index is 1.77. The van der Waals surface area contributed by atoms with Gasteiger partial charge in [-0.1, -0.05) is 53.0 Å². The number of ether oxygens (including phenoxy) is 2. The predicted molar refractivity (Wildman–Crippen MR) is 124 cm³/mol. The topological polar surface area (TPSA) is 67.8 Å². The van der Waals surface area contributed by atoms with Gasteiger partial charge in [-0.3, -0.25) is 0 Å². The maximum atomic E-state index is 11.2. The molecular formula is C24H23Cl2NO4. The summed E-state index contributed by atoms with van der Waals surface area (Å²) in [6.45, 7) is 5.13. The summed E-state index contributed by atoms with van der Waals surface area (Å²) in [5.74, 6) is 0.0134. The molecule has 0 radical (unpaired) electrons. The first-order valence-corrected chi connectivity index (χ1v) is 10.5. The van der Waals surface area contributed by atoms with Crippen molar-refractivity contribution in [3.05, 3.63) is 86.9 Å². The third kappa shape index (κ3) is 6.06. The number of carboxylic acids is 1. The first-order valence-electron chi connectivity index (χ1n) is 9.77. The molecule has 3 aromatic rings. The fourth-order valence-corrected chi connectivity index (χ4v) is 3.43. The lowest BCUT2D eigenvalue weighted by molar-refractivity contribution is 0.0697. The van der Waals surface area contributed by atoms with Crippen molar-refractivity contribution in [2.24, 2.45) is 0 Å². The van der Waals surface area contributed by atoms with Crippen LogP contribution in [0.3, 0.4) is 0 Å². The van der Waals surface area contributed by atoms with Crippen LogP contribution in [0.15, 0.2) is 54.6 Å². The van der Waals surface area contributed by atoms with E-state index >= 15 is 0 Å². The fraction of sp³-hybridized carbons (Fsp3) is 0.208. The number of halogens is 2. The second-order valence-electron chi connectivity index (χ2n) is 6.97. The number of rotatable bonds is 9. The second-order valence-corrected chi connectivity index (χ2v) is 7.78. The number of carboxylic acid groups (broad SMARTS) is 1. The van der Waals surface area contributed by atoms with Crippen molar-refractivity contribution in [1.29, 1.82) is 0 Å². The quantitative estimate of drug-likeness (QED) is 0.377. The molecule has 0 aliphatic heterocycles. The zero-order valence-electron chi connectivity index (χ0n) is 17.2. The van der Waals surface area contributed by atoms with E-state index in [-0.39, 0.29) is 5.56 Å². The van der Waals surface area contributed by atoms with Crippen LogP contribution in [0, 0.1) is 6.92 Å². The summed E-state index contributed by atoms with van der Waals surface area (Å²) in [4.78, 5) is 11.2. The lowest BCUT2D eigenvalue weighted by atomic mass is 10.1. The largest absolute Gasteiger partial charge is 0.490 e. The first-order chi connectivity index (χ1) is 14.9. The van der Waals surface area contributed by atoms with Crippen LogP contribution in [-0.2, 0) is 13.2 Å². The van der Waals surface area contributed by atoms with Gasteiger partial charge < -0.3 is 19.9 Å². The lowest BCUT2D eigenvalue weighted by Crippen LogP contribution is -2.05. The summed E-state index contributed by atoms with van der Waals surface area (Å²) < 4.78 is 11.7. The van der Waals surface area contributed by atoms with Gasteiger partial charge in [0.05, 0.1) is 27.9 Å². The molecule has 5 nitrogen and oxygen atoms in total. The van der Waals surface area contributed by atoms with Gasteiger partial charge in [0.15, 0.2) is 11.5 Å². The monoisotopic (exact) mass is 459 g/mol. The van der Waals surface area contributed by atoms with Crippen molar-refractivity contribution in [2.75, 3.05) is 11.9 Å². The molecule has 0 amide bonds. The molecule has 0 bridgehead atoms. The molecule has 0 aliphatic carbocycles. The number of hydrogen-bond donors (Lipinski definition) is 2. The maximum Gasteiger partial charge on any atom is 0.335 e. The third-order valence-electron chi connectivity index (χ3n) is 4.57. The molecule has 0 aromatic heterocycles. The number of benzene rings is 3. The minimum Gasteiger partial charge on any atom is -0.490 e. The molecule has 0 spiro atoms. The molecule has 0 unspecified atom stereocenters. The van der Waals surface area contributed by atoms with E-state index in [2.05, 4.69) is 5.32 Å². The van der Waals surface area contributed by atoms with Crippen LogP contribution in [0.5, 0.6) is 11.5 Å². The predicted octanol–water partition coefficient (Wildman–Crippen LogP) is 6.59. The van der Waals surface area contributed by atoms with Crippen molar-refractivity contribution in [2.45, 2.75) is 27.0 Å². The molecule has 3 aromatic carbocycles. The lowest BCUT2D eigenvalue weighted by Gasteiger charge is -2.16. The number of nitrogens with one attached hydrogen (secondary N) is 1. The van der Waals surface area contributed by atoms with Gasteiger partial charge in [0.2, 0.25) is 0 Å². The Morgan fingerprint density at radius 2 is 1.71 bits per heavy atom. The Bertz CT molecular complexity index is 1070. The van der Waals surface area contributed by atoms with Crippen LogP contribution in [-0.4, -0.2) is 17.7 Å². The van der Waals surface area contributed by atoms with Gasteiger partial charge in [-0.25, -0.2) is 4.79 Å². The summed E-state index contributed by atoms with van der Waals surface area (Å²) in [5, 5.41) is 13.2. The average Bonchev–Trinajstić information content (AvgIpc) is 2.74. The molecule has 0 fully saturated rings. The Labute approximate surface area is 191 Å². The molecule has 2 N–H and O–H groups in total. The minimum absolute atomic E-state index is 0.153.